The third kappa shape index (κ3) is 3.79. The number of imide groups is 1. The van der Waals surface area contributed by atoms with Crippen LogP contribution in [0.2, 0.25) is 0 Å². The molecule has 1 aromatic carbocycles. The summed E-state index contributed by atoms with van der Waals surface area (Å²) in [5.74, 6) is 1.07. The number of likely N-dealkylation sites (tertiary alicyclic amines) is 1. The van der Waals surface area contributed by atoms with Crippen LogP contribution in [0.25, 0.3) is 0 Å². The van der Waals surface area contributed by atoms with E-state index in [9.17, 15) is 9.59 Å². The number of alkyl carbamates (subject to hydrolysis) is 1. The topological polar surface area (TPSA) is 77.1 Å². The van der Waals surface area contributed by atoms with E-state index in [0.717, 1.165) is 36.4 Å². The van der Waals surface area contributed by atoms with E-state index in [1.54, 1.807) is 21.1 Å². The average Bonchev–Trinajstić information content (AvgIpc) is 3.09. The van der Waals surface area contributed by atoms with Gasteiger partial charge in [-0.05, 0) is 32.4 Å². The molecule has 0 spiro atoms. The SMILES string of the molecule is COC(=O)NC(=O)[C@H](C)N1CCC[C@@H]1c1ccc(OC)cc1OC. The number of benzene rings is 1. The number of rotatable bonds is 5. The second-order valence-electron chi connectivity index (χ2n) is 5.66. The highest BCUT2D eigenvalue weighted by atomic mass is 16.5. The Morgan fingerprint density at radius 2 is 2.00 bits per heavy atom. The Morgan fingerprint density at radius 1 is 1.25 bits per heavy atom. The number of methoxy groups -OCH3 is 3. The Bertz CT molecular complexity index is 605. The number of nitrogens with one attached hydrogen (secondary N) is 1. The van der Waals surface area contributed by atoms with Gasteiger partial charge >= 0.3 is 6.09 Å². The largest absolute Gasteiger partial charge is 0.497 e. The molecular weight excluding hydrogens is 312 g/mol. The monoisotopic (exact) mass is 336 g/mol. The summed E-state index contributed by atoms with van der Waals surface area (Å²) in [6.07, 6.45) is 1.14. The normalized spacial score (nSPS) is 18.8. The van der Waals surface area contributed by atoms with Crippen LogP contribution in [0.3, 0.4) is 0 Å². The minimum atomic E-state index is -0.746. The number of nitrogens with zero attached hydrogens (tertiary/aromatic N) is 1. The van der Waals surface area contributed by atoms with Crippen molar-refractivity contribution in [2.75, 3.05) is 27.9 Å². The van der Waals surface area contributed by atoms with Gasteiger partial charge in [-0.3, -0.25) is 15.0 Å². The molecule has 132 valence electrons. The van der Waals surface area contributed by atoms with Crippen molar-refractivity contribution in [1.82, 2.24) is 10.2 Å². The van der Waals surface area contributed by atoms with E-state index in [-0.39, 0.29) is 11.9 Å². The first kappa shape index (κ1) is 18.1. The van der Waals surface area contributed by atoms with E-state index in [0.29, 0.717) is 0 Å². The van der Waals surface area contributed by atoms with Crippen LogP contribution in [-0.4, -0.2) is 50.8 Å². The lowest BCUT2D eigenvalue weighted by Crippen LogP contribution is -2.46. The van der Waals surface area contributed by atoms with Gasteiger partial charge in [-0.25, -0.2) is 4.79 Å². The van der Waals surface area contributed by atoms with E-state index >= 15 is 0 Å². The molecule has 7 heteroatoms. The summed E-state index contributed by atoms with van der Waals surface area (Å²) in [5, 5.41) is 2.23. The number of hydrogen-bond donors (Lipinski definition) is 1. The molecule has 7 nitrogen and oxygen atoms in total. The van der Waals surface area contributed by atoms with E-state index < -0.39 is 12.1 Å². The van der Waals surface area contributed by atoms with Crippen LogP contribution in [-0.2, 0) is 9.53 Å². The van der Waals surface area contributed by atoms with Gasteiger partial charge in [0.2, 0.25) is 5.91 Å². The molecule has 1 saturated heterocycles. The second-order valence-corrected chi connectivity index (χ2v) is 5.66. The molecular formula is C17H24N2O5. The maximum Gasteiger partial charge on any atom is 0.413 e. The van der Waals surface area contributed by atoms with Gasteiger partial charge in [0.05, 0.1) is 27.4 Å². The average molecular weight is 336 g/mol. The minimum Gasteiger partial charge on any atom is -0.497 e. The summed E-state index contributed by atoms with van der Waals surface area (Å²) in [5.41, 5.74) is 1.01. The zero-order valence-corrected chi connectivity index (χ0v) is 14.5. The van der Waals surface area contributed by atoms with Crippen molar-refractivity contribution >= 4 is 12.0 Å². The Balaban J connectivity index is 2.21. The summed E-state index contributed by atoms with van der Waals surface area (Å²) in [7, 11) is 4.45. The van der Waals surface area contributed by atoms with Gasteiger partial charge in [0.15, 0.2) is 0 Å². The van der Waals surface area contributed by atoms with Gasteiger partial charge in [0.25, 0.3) is 0 Å². The summed E-state index contributed by atoms with van der Waals surface area (Å²) in [4.78, 5) is 25.6. The first-order valence-corrected chi connectivity index (χ1v) is 7.88. The highest BCUT2D eigenvalue weighted by molar-refractivity contribution is 5.94. The van der Waals surface area contributed by atoms with Gasteiger partial charge in [-0.2, -0.15) is 0 Å². The van der Waals surface area contributed by atoms with E-state index in [1.165, 1.54) is 7.11 Å². The molecule has 0 saturated carbocycles. The van der Waals surface area contributed by atoms with Gasteiger partial charge in [0, 0.05) is 17.7 Å². The molecule has 1 N–H and O–H groups in total. The van der Waals surface area contributed by atoms with Crippen LogP contribution < -0.4 is 14.8 Å². The lowest BCUT2D eigenvalue weighted by Gasteiger charge is -2.30. The van der Waals surface area contributed by atoms with E-state index in [2.05, 4.69) is 15.0 Å². The second kappa shape index (κ2) is 8.01. The number of ether oxygens (including phenoxy) is 3. The Kier molecular flexibility index (Phi) is 6.03. The lowest BCUT2D eigenvalue weighted by molar-refractivity contribution is -0.125. The van der Waals surface area contributed by atoms with Crippen molar-refractivity contribution in [2.24, 2.45) is 0 Å². The molecule has 1 aliphatic heterocycles. The Labute approximate surface area is 141 Å². The fourth-order valence-corrected chi connectivity index (χ4v) is 3.09. The van der Waals surface area contributed by atoms with Crippen molar-refractivity contribution in [1.29, 1.82) is 0 Å². The molecule has 24 heavy (non-hydrogen) atoms. The summed E-state index contributed by atoms with van der Waals surface area (Å²) in [6, 6.07) is 5.28. The molecule has 0 aromatic heterocycles. The quantitative estimate of drug-likeness (QED) is 0.887. The fraction of sp³-hybridized carbons (Fsp3) is 0.529. The Morgan fingerprint density at radius 3 is 2.62 bits per heavy atom. The number of hydrogen-bond acceptors (Lipinski definition) is 6. The van der Waals surface area contributed by atoms with Crippen molar-refractivity contribution in [3.05, 3.63) is 23.8 Å². The number of amides is 2. The van der Waals surface area contributed by atoms with Crippen LogP contribution in [0, 0.1) is 0 Å². The Hall–Kier alpha value is -2.28. The molecule has 1 heterocycles. The van der Waals surface area contributed by atoms with Crippen molar-refractivity contribution < 1.29 is 23.8 Å². The predicted molar refractivity (Wildman–Crippen MR) is 88.2 cm³/mol. The molecule has 0 unspecified atom stereocenters. The number of carbonyl (C=O) groups is 2. The van der Waals surface area contributed by atoms with Gasteiger partial charge in [-0.1, -0.05) is 6.07 Å². The highest BCUT2D eigenvalue weighted by Gasteiger charge is 2.35. The minimum absolute atomic E-state index is 0.0456. The summed E-state index contributed by atoms with van der Waals surface area (Å²) < 4.78 is 15.2. The summed E-state index contributed by atoms with van der Waals surface area (Å²) in [6.45, 7) is 2.56. The van der Waals surface area contributed by atoms with E-state index in [4.69, 9.17) is 9.47 Å². The zero-order valence-electron chi connectivity index (χ0n) is 14.5. The third-order valence-electron chi connectivity index (χ3n) is 4.38. The molecule has 1 fully saturated rings. The van der Waals surface area contributed by atoms with Gasteiger partial charge in [0.1, 0.15) is 11.5 Å². The maximum atomic E-state index is 12.2. The molecule has 2 atom stereocenters. The van der Waals surface area contributed by atoms with Crippen LogP contribution in [0.15, 0.2) is 18.2 Å². The maximum absolute atomic E-state index is 12.2. The summed E-state index contributed by atoms with van der Waals surface area (Å²) >= 11 is 0. The molecule has 2 rings (SSSR count). The lowest BCUT2D eigenvalue weighted by atomic mass is 10.0. The van der Waals surface area contributed by atoms with Crippen molar-refractivity contribution in [3.8, 4) is 11.5 Å². The molecule has 2 amide bonds. The third-order valence-corrected chi connectivity index (χ3v) is 4.38. The smallest absolute Gasteiger partial charge is 0.413 e. The first-order chi connectivity index (χ1) is 11.5. The molecule has 1 aromatic rings. The van der Waals surface area contributed by atoms with Gasteiger partial charge < -0.3 is 14.2 Å². The predicted octanol–water partition coefficient (Wildman–Crippen LogP) is 2.11. The number of carbonyl (C=O) groups excluding carboxylic acids is 2. The van der Waals surface area contributed by atoms with Crippen LogP contribution >= 0.6 is 0 Å². The van der Waals surface area contributed by atoms with Gasteiger partial charge in [-0.15, -0.1) is 0 Å². The van der Waals surface area contributed by atoms with Crippen LogP contribution in [0.4, 0.5) is 4.79 Å². The van der Waals surface area contributed by atoms with E-state index in [1.807, 2.05) is 18.2 Å². The fourth-order valence-electron chi connectivity index (χ4n) is 3.09. The van der Waals surface area contributed by atoms with Crippen LogP contribution in [0.5, 0.6) is 11.5 Å². The van der Waals surface area contributed by atoms with Crippen molar-refractivity contribution in [3.63, 3.8) is 0 Å². The highest BCUT2D eigenvalue weighted by Crippen LogP contribution is 2.39. The van der Waals surface area contributed by atoms with Crippen LogP contribution in [0.1, 0.15) is 31.4 Å². The first-order valence-electron chi connectivity index (χ1n) is 7.88. The molecule has 0 bridgehead atoms. The standard InChI is InChI=1S/C17H24N2O5/c1-11(16(20)18-17(21)24-4)19-9-5-6-14(19)13-8-7-12(22-2)10-15(13)23-3/h7-8,10-11,14H,5-6,9H2,1-4H3,(H,18,20,21)/t11-,14+/m0/s1. The molecule has 0 aliphatic carbocycles. The molecule has 0 radical (unpaired) electrons. The zero-order chi connectivity index (χ0) is 17.7. The molecule has 1 aliphatic rings. The van der Waals surface area contributed by atoms with Crippen molar-refractivity contribution in [2.45, 2.75) is 31.8 Å².